The molecule has 5 nitrogen and oxygen atoms in total. The molecule has 2 amide bonds. The molecule has 1 aliphatic rings. The van der Waals surface area contributed by atoms with Crippen molar-refractivity contribution in [1.82, 2.24) is 10.6 Å². The molecule has 0 spiro atoms. The fourth-order valence-corrected chi connectivity index (χ4v) is 1.92. The van der Waals surface area contributed by atoms with E-state index in [9.17, 15) is 9.59 Å². The molecule has 0 saturated heterocycles. The molecule has 0 aromatic carbocycles. The lowest BCUT2D eigenvalue weighted by molar-refractivity contribution is -0.139. The van der Waals surface area contributed by atoms with Crippen LogP contribution in [0.4, 0.5) is 4.79 Å². The highest BCUT2D eigenvalue weighted by Gasteiger charge is 2.45. The van der Waals surface area contributed by atoms with E-state index < -0.39 is 12.0 Å². The Morgan fingerprint density at radius 1 is 1.35 bits per heavy atom. The summed E-state index contributed by atoms with van der Waals surface area (Å²) in [5.74, 6) is -0.447. The minimum absolute atomic E-state index is 0.238. The zero-order valence-electron chi connectivity index (χ0n) is 10.7. The normalized spacial score (nSPS) is 18.6. The van der Waals surface area contributed by atoms with Gasteiger partial charge in [-0.05, 0) is 30.6 Å². The smallest absolute Gasteiger partial charge is 0.326 e. The summed E-state index contributed by atoms with van der Waals surface area (Å²) in [4.78, 5) is 22.3. The minimum Gasteiger partial charge on any atom is -0.480 e. The summed E-state index contributed by atoms with van der Waals surface area (Å²) in [5, 5.41) is 14.0. The average Bonchev–Trinajstić information content (AvgIpc) is 3.03. The summed E-state index contributed by atoms with van der Waals surface area (Å²) >= 11 is 0. The summed E-state index contributed by atoms with van der Waals surface area (Å²) in [6, 6.07) is -1.18. The maximum atomic E-state index is 11.5. The Morgan fingerprint density at radius 2 is 1.94 bits per heavy atom. The van der Waals surface area contributed by atoms with Gasteiger partial charge in [0.05, 0.1) is 0 Å². The van der Waals surface area contributed by atoms with Gasteiger partial charge in [-0.2, -0.15) is 0 Å². The van der Waals surface area contributed by atoms with Crippen LogP contribution in [-0.2, 0) is 4.79 Å². The summed E-state index contributed by atoms with van der Waals surface area (Å²) in [6.45, 7) is 6.67. The van der Waals surface area contributed by atoms with E-state index in [1.807, 2.05) is 0 Å². The third-order valence-electron chi connectivity index (χ3n) is 3.73. The zero-order valence-corrected chi connectivity index (χ0v) is 10.7. The molecule has 0 aliphatic heterocycles. The van der Waals surface area contributed by atoms with Crippen molar-refractivity contribution in [3.05, 3.63) is 0 Å². The van der Waals surface area contributed by atoms with Gasteiger partial charge in [-0.15, -0.1) is 0 Å². The SMILES string of the molecule is CCC(NC(=O)NCC1(C(C)C)CC1)C(=O)O. The Balaban J connectivity index is 2.33. The van der Waals surface area contributed by atoms with Gasteiger partial charge in [0.1, 0.15) is 6.04 Å². The van der Waals surface area contributed by atoms with Crippen LogP contribution >= 0.6 is 0 Å². The number of hydrogen-bond donors (Lipinski definition) is 3. The Bertz CT molecular complexity index is 298. The molecule has 0 heterocycles. The standard InChI is InChI=1S/C12H22N2O3/c1-4-9(10(15)16)14-11(17)13-7-12(5-6-12)8(2)3/h8-9H,4-7H2,1-3H3,(H,15,16)(H2,13,14,17). The first-order chi connectivity index (χ1) is 7.91. The molecule has 0 aromatic rings. The summed E-state index contributed by atoms with van der Waals surface area (Å²) in [6.07, 6.45) is 2.67. The number of carboxylic acid groups (broad SMARTS) is 1. The number of nitrogens with one attached hydrogen (secondary N) is 2. The Kier molecular flexibility index (Phi) is 4.37. The molecule has 1 rings (SSSR count). The molecule has 1 saturated carbocycles. The molecule has 1 aliphatic carbocycles. The monoisotopic (exact) mass is 242 g/mol. The Labute approximate surface area is 102 Å². The topological polar surface area (TPSA) is 78.4 Å². The lowest BCUT2D eigenvalue weighted by atomic mass is 9.92. The van der Waals surface area contributed by atoms with Crippen molar-refractivity contribution in [2.75, 3.05) is 6.54 Å². The van der Waals surface area contributed by atoms with Crippen LogP contribution in [0.15, 0.2) is 0 Å². The van der Waals surface area contributed by atoms with Gasteiger partial charge >= 0.3 is 12.0 Å². The van der Waals surface area contributed by atoms with Crippen LogP contribution in [0.3, 0.4) is 0 Å². The minimum atomic E-state index is -0.993. The van der Waals surface area contributed by atoms with Crippen molar-refractivity contribution in [2.24, 2.45) is 11.3 Å². The summed E-state index contributed by atoms with van der Waals surface area (Å²) in [5.41, 5.74) is 0.238. The summed E-state index contributed by atoms with van der Waals surface area (Å²) < 4.78 is 0. The molecule has 0 radical (unpaired) electrons. The molecule has 98 valence electrons. The third kappa shape index (κ3) is 3.61. The van der Waals surface area contributed by atoms with Gasteiger partial charge in [-0.1, -0.05) is 20.8 Å². The van der Waals surface area contributed by atoms with Crippen molar-refractivity contribution in [3.63, 3.8) is 0 Å². The zero-order chi connectivity index (χ0) is 13.1. The summed E-state index contributed by atoms with van der Waals surface area (Å²) in [7, 11) is 0. The van der Waals surface area contributed by atoms with E-state index in [1.165, 1.54) is 0 Å². The molecule has 0 aromatic heterocycles. The Morgan fingerprint density at radius 3 is 2.29 bits per heavy atom. The second-order valence-electron chi connectivity index (χ2n) is 5.14. The lowest BCUT2D eigenvalue weighted by Gasteiger charge is -2.21. The molecule has 1 unspecified atom stereocenters. The molecule has 5 heteroatoms. The number of amides is 2. The molecular formula is C12H22N2O3. The van der Waals surface area contributed by atoms with Gasteiger partial charge in [-0.25, -0.2) is 9.59 Å². The van der Waals surface area contributed by atoms with Crippen LogP contribution in [0.25, 0.3) is 0 Å². The van der Waals surface area contributed by atoms with Gasteiger partial charge in [0.2, 0.25) is 0 Å². The molecule has 0 bridgehead atoms. The maximum absolute atomic E-state index is 11.5. The van der Waals surface area contributed by atoms with Crippen LogP contribution in [-0.4, -0.2) is 29.7 Å². The van der Waals surface area contributed by atoms with E-state index in [0.717, 1.165) is 12.8 Å². The van der Waals surface area contributed by atoms with Gasteiger partial charge < -0.3 is 15.7 Å². The van der Waals surface area contributed by atoms with Crippen molar-refractivity contribution < 1.29 is 14.7 Å². The molecular weight excluding hydrogens is 220 g/mol. The number of hydrogen-bond acceptors (Lipinski definition) is 2. The predicted octanol–water partition coefficient (Wildman–Crippen LogP) is 1.58. The fraction of sp³-hybridized carbons (Fsp3) is 0.833. The van der Waals surface area contributed by atoms with Crippen LogP contribution in [0.1, 0.15) is 40.0 Å². The van der Waals surface area contributed by atoms with Crippen molar-refractivity contribution >= 4 is 12.0 Å². The highest BCUT2D eigenvalue weighted by Crippen LogP contribution is 2.51. The molecule has 17 heavy (non-hydrogen) atoms. The number of rotatable bonds is 6. The van der Waals surface area contributed by atoms with Crippen molar-refractivity contribution in [1.29, 1.82) is 0 Å². The Hall–Kier alpha value is -1.26. The second-order valence-corrected chi connectivity index (χ2v) is 5.14. The number of aliphatic carboxylic acids is 1. The first-order valence-corrected chi connectivity index (χ1v) is 6.18. The highest BCUT2D eigenvalue weighted by molar-refractivity contribution is 5.82. The predicted molar refractivity (Wildman–Crippen MR) is 64.8 cm³/mol. The van der Waals surface area contributed by atoms with E-state index in [4.69, 9.17) is 5.11 Å². The van der Waals surface area contributed by atoms with E-state index >= 15 is 0 Å². The average molecular weight is 242 g/mol. The van der Waals surface area contributed by atoms with Gasteiger partial charge in [-0.3, -0.25) is 0 Å². The van der Waals surface area contributed by atoms with Crippen LogP contribution in [0.2, 0.25) is 0 Å². The highest BCUT2D eigenvalue weighted by atomic mass is 16.4. The van der Waals surface area contributed by atoms with Gasteiger partial charge in [0.15, 0.2) is 0 Å². The molecule has 1 fully saturated rings. The van der Waals surface area contributed by atoms with Gasteiger partial charge in [0.25, 0.3) is 0 Å². The van der Waals surface area contributed by atoms with Crippen LogP contribution < -0.4 is 10.6 Å². The van der Waals surface area contributed by atoms with E-state index in [0.29, 0.717) is 18.9 Å². The lowest BCUT2D eigenvalue weighted by Crippen LogP contribution is -2.47. The number of carboxylic acids is 1. The largest absolute Gasteiger partial charge is 0.480 e. The molecule has 3 N–H and O–H groups in total. The third-order valence-corrected chi connectivity index (χ3v) is 3.73. The van der Waals surface area contributed by atoms with E-state index in [1.54, 1.807) is 6.92 Å². The quantitative estimate of drug-likeness (QED) is 0.661. The van der Waals surface area contributed by atoms with E-state index in [-0.39, 0.29) is 11.4 Å². The fourth-order valence-electron chi connectivity index (χ4n) is 1.92. The molecule has 1 atom stereocenters. The number of carbonyl (C=O) groups is 2. The van der Waals surface area contributed by atoms with Crippen LogP contribution in [0, 0.1) is 11.3 Å². The van der Waals surface area contributed by atoms with Crippen molar-refractivity contribution in [3.8, 4) is 0 Å². The van der Waals surface area contributed by atoms with E-state index in [2.05, 4.69) is 24.5 Å². The first-order valence-electron chi connectivity index (χ1n) is 6.18. The number of urea groups is 1. The van der Waals surface area contributed by atoms with Crippen molar-refractivity contribution in [2.45, 2.75) is 46.1 Å². The second kappa shape index (κ2) is 5.38. The maximum Gasteiger partial charge on any atom is 0.326 e. The first kappa shape index (κ1) is 13.8. The number of carbonyl (C=O) groups excluding carboxylic acids is 1. The van der Waals surface area contributed by atoms with Gasteiger partial charge in [0, 0.05) is 6.54 Å². The van der Waals surface area contributed by atoms with Crippen LogP contribution in [0.5, 0.6) is 0 Å².